The SMILES string of the molecule is CCCCCN1C(=O)C(C)(C)c2cc3[nH]c(/C=C/c4ccccc4)nc3cc21. The molecule has 1 N–H and O–H groups in total. The van der Waals surface area contributed by atoms with Crippen molar-refractivity contribution >= 4 is 34.8 Å². The number of unbranched alkanes of at least 4 members (excludes halogenated alkanes) is 2. The fraction of sp³-hybridized carbons (Fsp3) is 0.333. The molecule has 4 nitrogen and oxygen atoms in total. The average molecular weight is 374 g/mol. The number of benzene rings is 2. The van der Waals surface area contributed by atoms with E-state index in [-0.39, 0.29) is 5.91 Å². The van der Waals surface area contributed by atoms with Gasteiger partial charge in [-0.05, 0) is 49.6 Å². The summed E-state index contributed by atoms with van der Waals surface area (Å²) in [6, 6.07) is 14.4. The minimum Gasteiger partial charge on any atom is -0.338 e. The van der Waals surface area contributed by atoms with E-state index in [0.717, 1.165) is 59.5 Å². The van der Waals surface area contributed by atoms with Crippen molar-refractivity contribution in [2.75, 3.05) is 11.4 Å². The predicted molar refractivity (Wildman–Crippen MR) is 116 cm³/mol. The molecule has 1 amide bonds. The number of nitrogens with one attached hydrogen (secondary N) is 1. The molecule has 144 valence electrons. The molecule has 0 radical (unpaired) electrons. The quantitative estimate of drug-likeness (QED) is 0.576. The molecule has 28 heavy (non-hydrogen) atoms. The molecule has 0 bridgehead atoms. The van der Waals surface area contributed by atoms with Gasteiger partial charge in [0.1, 0.15) is 5.82 Å². The number of carbonyl (C=O) groups excluding carboxylic acids is 1. The molecule has 2 aromatic carbocycles. The lowest BCUT2D eigenvalue weighted by Crippen LogP contribution is -2.36. The molecule has 0 unspecified atom stereocenters. The fourth-order valence-corrected chi connectivity index (χ4v) is 3.91. The van der Waals surface area contributed by atoms with Crippen LogP contribution >= 0.6 is 0 Å². The number of aromatic amines is 1. The third kappa shape index (κ3) is 3.24. The normalized spacial score (nSPS) is 15.7. The number of anilines is 1. The van der Waals surface area contributed by atoms with Crippen molar-refractivity contribution in [2.24, 2.45) is 0 Å². The van der Waals surface area contributed by atoms with Crippen molar-refractivity contribution in [3.63, 3.8) is 0 Å². The summed E-state index contributed by atoms with van der Waals surface area (Å²) in [6.07, 6.45) is 7.36. The van der Waals surface area contributed by atoms with Gasteiger partial charge in [0.25, 0.3) is 0 Å². The summed E-state index contributed by atoms with van der Waals surface area (Å²) in [7, 11) is 0. The topological polar surface area (TPSA) is 49.0 Å². The Morgan fingerprint density at radius 3 is 2.64 bits per heavy atom. The van der Waals surface area contributed by atoms with Gasteiger partial charge in [-0.1, -0.05) is 56.2 Å². The molecule has 4 heteroatoms. The number of amides is 1. The number of nitrogens with zero attached hydrogens (tertiary/aromatic N) is 2. The van der Waals surface area contributed by atoms with Gasteiger partial charge in [-0.25, -0.2) is 4.98 Å². The molecule has 0 fully saturated rings. The zero-order valence-corrected chi connectivity index (χ0v) is 16.8. The summed E-state index contributed by atoms with van der Waals surface area (Å²) in [4.78, 5) is 23.1. The summed E-state index contributed by atoms with van der Waals surface area (Å²) in [6.45, 7) is 7.00. The number of fused-ring (bicyclic) bond motifs is 2. The largest absolute Gasteiger partial charge is 0.338 e. The Morgan fingerprint density at radius 2 is 1.89 bits per heavy atom. The second kappa shape index (κ2) is 7.27. The highest BCUT2D eigenvalue weighted by Gasteiger charge is 2.43. The zero-order chi connectivity index (χ0) is 19.7. The summed E-state index contributed by atoms with van der Waals surface area (Å²) in [5, 5.41) is 0. The average Bonchev–Trinajstić information content (AvgIpc) is 3.18. The number of aromatic nitrogens is 2. The van der Waals surface area contributed by atoms with E-state index in [1.165, 1.54) is 0 Å². The third-order valence-electron chi connectivity index (χ3n) is 5.58. The minimum atomic E-state index is -0.499. The van der Waals surface area contributed by atoms with Crippen LogP contribution in [0.5, 0.6) is 0 Å². The van der Waals surface area contributed by atoms with Crippen LogP contribution in [-0.4, -0.2) is 22.4 Å². The van der Waals surface area contributed by atoms with Crippen LogP contribution in [0.1, 0.15) is 57.0 Å². The first kappa shape index (κ1) is 18.5. The molecular formula is C24H27N3O. The van der Waals surface area contributed by atoms with E-state index in [1.807, 2.05) is 43.0 Å². The number of rotatable bonds is 6. The molecular weight excluding hydrogens is 346 g/mol. The van der Waals surface area contributed by atoms with Crippen LogP contribution in [-0.2, 0) is 10.2 Å². The molecule has 1 aliphatic rings. The van der Waals surface area contributed by atoms with Crippen LogP contribution in [0.4, 0.5) is 5.69 Å². The maximum absolute atomic E-state index is 13.0. The number of hydrogen-bond donors (Lipinski definition) is 1. The zero-order valence-electron chi connectivity index (χ0n) is 16.8. The lowest BCUT2D eigenvalue weighted by atomic mass is 9.86. The molecule has 2 heterocycles. The highest BCUT2D eigenvalue weighted by molar-refractivity contribution is 6.09. The van der Waals surface area contributed by atoms with Crippen LogP contribution in [0.2, 0.25) is 0 Å². The molecule has 0 saturated carbocycles. The van der Waals surface area contributed by atoms with E-state index in [0.29, 0.717) is 0 Å². The molecule has 0 aliphatic carbocycles. The van der Waals surface area contributed by atoms with Crippen LogP contribution in [0, 0.1) is 0 Å². The van der Waals surface area contributed by atoms with Crippen molar-refractivity contribution in [3.8, 4) is 0 Å². The van der Waals surface area contributed by atoms with Crippen LogP contribution < -0.4 is 4.90 Å². The van der Waals surface area contributed by atoms with Gasteiger partial charge in [-0.2, -0.15) is 0 Å². The minimum absolute atomic E-state index is 0.190. The summed E-state index contributed by atoms with van der Waals surface area (Å²) in [5.74, 6) is 1.01. The van der Waals surface area contributed by atoms with E-state index >= 15 is 0 Å². The lowest BCUT2D eigenvalue weighted by Gasteiger charge is -2.20. The van der Waals surface area contributed by atoms with Crippen molar-refractivity contribution in [1.29, 1.82) is 0 Å². The Bertz CT molecular complexity index is 1030. The second-order valence-corrected chi connectivity index (χ2v) is 8.04. The Kier molecular flexibility index (Phi) is 4.80. The highest BCUT2D eigenvalue weighted by atomic mass is 16.2. The van der Waals surface area contributed by atoms with Crippen molar-refractivity contribution < 1.29 is 4.79 Å². The molecule has 4 rings (SSSR count). The van der Waals surface area contributed by atoms with Gasteiger partial charge in [0.05, 0.1) is 22.1 Å². The Balaban J connectivity index is 1.69. The number of imidazole rings is 1. The van der Waals surface area contributed by atoms with E-state index in [1.54, 1.807) is 0 Å². The van der Waals surface area contributed by atoms with Gasteiger partial charge in [0.2, 0.25) is 5.91 Å². The predicted octanol–water partition coefficient (Wildman–Crippen LogP) is 5.55. The van der Waals surface area contributed by atoms with E-state index in [2.05, 4.69) is 42.2 Å². The number of hydrogen-bond acceptors (Lipinski definition) is 2. The van der Waals surface area contributed by atoms with E-state index < -0.39 is 5.41 Å². The molecule has 0 saturated heterocycles. The van der Waals surface area contributed by atoms with Gasteiger partial charge in [-0.3, -0.25) is 4.79 Å². The summed E-state index contributed by atoms with van der Waals surface area (Å²) in [5.41, 5.74) is 4.62. The highest BCUT2D eigenvalue weighted by Crippen LogP contribution is 2.43. The first-order chi connectivity index (χ1) is 13.5. The van der Waals surface area contributed by atoms with Crippen molar-refractivity contribution in [2.45, 2.75) is 45.4 Å². The molecule has 1 aliphatic heterocycles. The molecule has 1 aromatic heterocycles. The first-order valence-electron chi connectivity index (χ1n) is 10.1. The van der Waals surface area contributed by atoms with Crippen LogP contribution in [0.15, 0.2) is 42.5 Å². The van der Waals surface area contributed by atoms with Gasteiger partial charge < -0.3 is 9.88 Å². The smallest absolute Gasteiger partial charge is 0.237 e. The maximum Gasteiger partial charge on any atom is 0.237 e. The standard InChI is InChI=1S/C24H27N3O/c1-4-5-9-14-27-21-16-20-19(15-18(21)24(2,3)23(27)28)25-22(26-20)13-12-17-10-7-6-8-11-17/h6-8,10-13,15-16H,4-5,9,14H2,1-3H3,(H,25,26)/b13-12+. The number of carbonyl (C=O) groups is 1. The van der Waals surface area contributed by atoms with Crippen molar-refractivity contribution in [1.82, 2.24) is 9.97 Å². The second-order valence-electron chi connectivity index (χ2n) is 8.04. The fourth-order valence-electron chi connectivity index (χ4n) is 3.91. The van der Waals surface area contributed by atoms with Crippen LogP contribution in [0.3, 0.4) is 0 Å². The lowest BCUT2D eigenvalue weighted by molar-refractivity contribution is -0.122. The Hall–Kier alpha value is -2.88. The third-order valence-corrected chi connectivity index (χ3v) is 5.58. The molecule has 0 spiro atoms. The maximum atomic E-state index is 13.0. The van der Waals surface area contributed by atoms with E-state index in [4.69, 9.17) is 4.98 Å². The molecule has 0 atom stereocenters. The van der Waals surface area contributed by atoms with Gasteiger partial charge in [0.15, 0.2) is 0 Å². The number of H-pyrrole nitrogens is 1. The monoisotopic (exact) mass is 373 g/mol. The Morgan fingerprint density at radius 1 is 1.11 bits per heavy atom. The summed E-state index contributed by atoms with van der Waals surface area (Å²) < 4.78 is 0. The van der Waals surface area contributed by atoms with Crippen molar-refractivity contribution in [3.05, 3.63) is 59.4 Å². The van der Waals surface area contributed by atoms with Gasteiger partial charge >= 0.3 is 0 Å². The first-order valence-corrected chi connectivity index (χ1v) is 10.1. The van der Waals surface area contributed by atoms with E-state index in [9.17, 15) is 4.79 Å². The Labute approximate surface area is 166 Å². The van der Waals surface area contributed by atoms with Crippen LogP contribution in [0.25, 0.3) is 23.2 Å². The molecule has 3 aromatic rings. The van der Waals surface area contributed by atoms with Gasteiger partial charge in [0, 0.05) is 6.54 Å². The van der Waals surface area contributed by atoms with Gasteiger partial charge in [-0.15, -0.1) is 0 Å². The summed E-state index contributed by atoms with van der Waals surface area (Å²) >= 11 is 0.